The molecule has 3 rings (SSSR count). The van der Waals surface area contributed by atoms with Crippen LogP contribution in [0.2, 0.25) is 0 Å². The van der Waals surface area contributed by atoms with Crippen molar-refractivity contribution in [3.63, 3.8) is 0 Å². The third kappa shape index (κ3) is 2.37. The third-order valence-electron chi connectivity index (χ3n) is 3.75. The molecule has 114 valence electrons. The van der Waals surface area contributed by atoms with Gasteiger partial charge in [-0.15, -0.1) is 0 Å². The number of aromatic nitrogens is 3. The monoisotopic (exact) mass is 298 g/mol. The van der Waals surface area contributed by atoms with E-state index in [9.17, 15) is 4.79 Å². The molecule has 0 spiro atoms. The van der Waals surface area contributed by atoms with Crippen LogP contribution < -0.4 is 16.0 Å². The Morgan fingerprint density at radius 1 is 1.23 bits per heavy atom. The number of rotatable bonds is 4. The second kappa shape index (κ2) is 5.65. The number of ether oxygens (including phenoxy) is 1. The van der Waals surface area contributed by atoms with Gasteiger partial charge in [-0.05, 0) is 30.8 Å². The molecule has 0 unspecified atom stereocenters. The van der Waals surface area contributed by atoms with Crippen LogP contribution in [0.5, 0.6) is 5.75 Å². The minimum absolute atomic E-state index is 0.142. The first-order chi connectivity index (χ1) is 10.6. The molecule has 0 amide bonds. The molecule has 2 heterocycles. The second-order valence-corrected chi connectivity index (χ2v) is 5.10. The molecule has 22 heavy (non-hydrogen) atoms. The molecule has 0 fully saturated rings. The van der Waals surface area contributed by atoms with Crippen molar-refractivity contribution >= 4 is 5.65 Å². The quantitative estimate of drug-likeness (QED) is 0.785. The van der Waals surface area contributed by atoms with Crippen LogP contribution >= 0.6 is 0 Å². The molecule has 0 aliphatic carbocycles. The molecule has 6 nitrogen and oxygen atoms in total. The van der Waals surface area contributed by atoms with E-state index in [1.807, 2.05) is 41.9 Å². The number of nitrogens with zero attached hydrogens (tertiary/aromatic N) is 3. The lowest BCUT2D eigenvalue weighted by Gasteiger charge is -2.08. The Morgan fingerprint density at radius 2 is 1.95 bits per heavy atom. The zero-order valence-corrected chi connectivity index (χ0v) is 12.6. The summed E-state index contributed by atoms with van der Waals surface area (Å²) in [4.78, 5) is 12.2. The SMILES string of the molecule is COc1ccc(-c2cc3n(C)c(CCN)cc(=O)n3n2)cc1. The average Bonchev–Trinajstić information content (AvgIpc) is 2.99. The highest BCUT2D eigenvalue weighted by molar-refractivity contribution is 5.65. The zero-order chi connectivity index (χ0) is 15.7. The number of hydrogen-bond donors (Lipinski definition) is 1. The molecule has 2 N–H and O–H groups in total. The van der Waals surface area contributed by atoms with Crippen molar-refractivity contribution in [1.29, 1.82) is 0 Å². The van der Waals surface area contributed by atoms with Gasteiger partial charge in [-0.1, -0.05) is 0 Å². The van der Waals surface area contributed by atoms with Crippen molar-refractivity contribution in [1.82, 2.24) is 14.2 Å². The van der Waals surface area contributed by atoms with Crippen molar-refractivity contribution < 1.29 is 4.74 Å². The highest BCUT2D eigenvalue weighted by Gasteiger charge is 2.11. The van der Waals surface area contributed by atoms with Crippen molar-refractivity contribution in [2.45, 2.75) is 6.42 Å². The normalized spacial score (nSPS) is 11.0. The van der Waals surface area contributed by atoms with E-state index in [1.54, 1.807) is 13.2 Å². The average molecular weight is 298 g/mol. The lowest BCUT2D eigenvalue weighted by atomic mass is 10.1. The van der Waals surface area contributed by atoms with Gasteiger partial charge in [0, 0.05) is 36.9 Å². The fraction of sp³-hybridized carbons (Fsp3) is 0.250. The summed E-state index contributed by atoms with van der Waals surface area (Å²) in [5, 5.41) is 4.41. The maximum absolute atomic E-state index is 12.2. The Balaban J connectivity index is 2.14. The smallest absolute Gasteiger partial charge is 0.274 e. The van der Waals surface area contributed by atoms with Crippen molar-refractivity contribution in [2.75, 3.05) is 13.7 Å². The number of fused-ring (bicyclic) bond motifs is 1. The molecule has 0 radical (unpaired) electrons. The summed E-state index contributed by atoms with van der Waals surface area (Å²) in [6.07, 6.45) is 0.658. The van der Waals surface area contributed by atoms with Gasteiger partial charge >= 0.3 is 0 Å². The van der Waals surface area contributed by atoms with Gasteiger partial charge in [0.2, 0.25) is 0 Å². The van der Waals surface area contributed by atoms with Gasteiger partial charge in [-0.3, -0.25) is 4.79 Å². The fourth-order valence-corrected chi connectivity index (χ4v) is 2.51. The predicted octanol–water partition coefficient (Wildman–Crippen LogP) is 1.21. The van der Waals surface area contributed by atoms with Crippen LogP contribution in [0.4, 0.5) is 0 Å². The van der Waals surface area contributed by atoms with Crippen LogP contribution in [0.1, 0.15) is 5.69 Å². The van der Waals surface area contributed by atoms with E-state index in [2.05, 4.69) is 5.10 Å². The first-order valence-corrected chi connectivity index (χ1v) is 7.07. The first kappa shape index (κ1) is 14.3. The predicted molar refractivity (Wildman–Crippen MR) is 85.2 cm³/mol. The van der Waals surface area contributed by atoms with Crippen molar-refractivity contribution in [3.8, 4) is 17.0 Å². The molecule has 0 aliphatic heterocycles. The van der Waals surface area contributed by atoms with Gasteiger partial charge in [0.15, 0.2) is 0 Å². The molecule has 0 atom stereocenters. The van der Waals surface area contributed by atoms with Gasteiger partial charge in [0.05, 0.1) is 12.8 Å². The summed E-state index contributed by atoms with van der Waals surface area (Å²) in [5.41, 5.74) is 8.80. The number of benzene rings is 1. The second-order valence-electron chi connectivity index (χ2n) is 5.10. The molecule has 2 aromatic heterocycles. The van der Waals surface area contributed by atoms with E-state index in [4.69, 9.17) is 10.5 Å². The van der Waals surface area contributed by atoms with Crippen LogP contribution in [-0.4, -0.2) is 27.8 Å². The van der Waals surface area contributed by atoms with Crippen LogP contribution in [0.3, 0.4) is 0 Å². The Labute approximate surface area is 127 Å². The topological polar surface area (TPSA) is 74.5 Å². The fourth-order valence-electron chi connectivity index (χ4n) is 2.51. The maximum atomic E-state index is 12.2. The number of aryl methyl sites for hydroxylation is 1. The van der Waals surface area contributed by atoms with E-state index < -0.39 is 0 Å². The molecule has 0 saturated carbocycles. The highest BCUT2D eigenvalue weighted by atomic mass is 16.5. The Bertz CT molecular complexity index is 862. The molecule has 0 aliphatic rings. The van der Waals surface area contributed by atoms with Gasteiger partial charge in [-0.25, -0.2) is 0 Å². The van der Waals surface area contributed by atoms with Crippen molar-refractivity contribution in [2.24, 2.45) is 12.8 Å². The lowest BCUT2D eigenvalue weighted by Crippen LogP contribution is -2.21. The van der Waals surface area contributed by atoms with E-state index in [0.717, 1.165) is 28.3 Å². The molecule has 3 aromatic rings. The summed E-state index contributed by atoms with van der Waals surface area (Å²) in [7, 11) is 3.54. The van der Waals surface area contributed by atoms with Crippen LogP contribution in [0, 0.1) is 0 Å². The van der Waals surface area contributed by atoms with E-state index in [0.29, 0.717) is 13.0 Å². The number of hydrogen-bond acceptors (Lipinski definition) is 4. The Morgan fingerprint density at radius 3 is 2.59 bits per heavy atom. The summed E-state index contributed by atoms with van der Waals surface area (Å²) >= 11 is 0. The van der Waals surface area contributed by atoms with E-state index >= 15 is 0 Å². The van der Waals surface area contributed by atoms with Crippen LogP contribution in [0.25, 0.3) is 16.9 Å². The van der Waals surface area contributed by atoms with Crippen LogP contribution in [0.15, 0.2) is 41.2 Å². The first-order valence-electron chi connectivity index (χ1n) is 7.07. The Kier molecular flexibility index (Phi) is 3.68. The Hall–Kier alpha value is -2.60. The summed E-state index contributed by atoms with van der Waals surface area (Å²) in [6, 6.07) is 11.1. The van der Waals surface area contributed by atoms with Crippen LogP contribution in [-0.2, 0) is 13.5 Å². The molecule has 6 heteroatoms. The minimum atomic E-state index is -0.142. The lowest BCUT2D eigenvalue weighted by molar-refractivity contribution is 0.415. The number of methoxy groups -OCH3 is 1. The summed E-state index contributed by atoms with van der Waals surface area (Å²) < 4.78 is 8.52. The van der Waals surface area contributed by atoms with Gasteiger partial charge in [0.1, 0.15) is 11.4 Å². The van der Waals surface area contributed by atoms with E-state index in [-0.39, 0.29) is 5.56 Å². The third-order valence-corrected chi connectivity index (χ3v) is 3.75. The van der Waals surface area contributed by atoms with Gasteiger partial charge in [0.25, 0.3) is 5.56 Å². The van der Waals surface area contributed by atoms with E-state index in [1.165, 1.54) is 4.52 Å². The standard InChI is InChI=1S/C16H18N4O2/c1-19-12(7-8-17)9-16(21)20-15(19)10-14(18-20)11-3-5-13(22-2)6-4-11/h3-6,9-10H,7-8,17H2,1-2H3. The number of nitrogens with two attached hydrogens (primary N) is 1. The minimum Gasteiger partial charge on any atom is -0.497 e. The maximum Gasteiger partial charge on any atom is 0.274 e. The molecule has 0 saturated heterocycles. The highest BCUT2D eigenvalue weighted by Crippen LogP contribution is 2.22. The van der Waals surface area contributed by atoms with Gasteiger partial charge < -0.3 is 15.0 Å². The molecule has 0 bridgehead atoms. The van der Waals surface area contributed by atoms with Crippen molar-refractivity contribution in [3.05, 3.63) is 52.4 Å². The molecular weight excluding hydrogens is 280 g/mol. The van der Waals surface area contributed by atoms with Gasteiger partial charge in [-0.2, -0.15) is 9.61 Å². The summed E-state index contributed by atoms with van der Waals surface area (Å²) in [5.74, 6) is 0.785. The largest absolute Gasteiger partial charge is 0.497 e. The zero-order valence-electron chi connectivity index (χ0n) is 12.6. The molecular formula is C16H18N4O2. The summed E-state index contributed by atoms with van der Waals surface area (Å²) in [6.45, 7) is 0.503. The molecule has 1 aromatic carbocycles.